The molecule has 6 nitrogen and oxygen atoms in total. The predicted octanol–water partition coefficient (Wildman–Crippen LogP) is 0.701. The molecule has 1 aromatic rings. The minimum absolute atomic E-state index is 0.635. The highest BCUT2D eigenvalue weighted by Crippen LogP contribution is 2.19. The molecule has 3 rings (SSSR count). The van der Waals surface area contributed by atoms with Gasteiger partial charge in [-0.15, -0.1) is 0 Å². The molecule has 0 aromatic carbocycles. The Labute approximate surface area is 126 Å². The van der Waals surface area contributed by atoms with Crippen molar-refractivity contribution in [1.29, 1.82) is 0 Å². The van der Waals surface area contributed by atoms with E-state index in [1.54, 1.807) is 19.4 Å². The van der Waals surface area contributed by atoms with Gasteiger partial charge < -0.3 is 14.5 Å². The lowest BCUT2D eigenvalue weighted by Crippen LogP contribution is -2.54. The van der Waals surface area contributed by atoms with E-state index in [0.29, 0.717) is 5.88 Å². The topological polar surface area (TPSA) is 44.7 Å². The molecule has 2 aliphatic rings. The Hall–Kier alpha value is -1.40. The summed E-state index contributed by atoms with van der Waals surface area (Å²) in [5.74, 6) is 1.42. The number of piperazine rings is 1. The smallest absolute Gasteiger partial charge is 0.228 e. The van der Waals surface area contributed by atoms with Crippen molar-refractivity contribution in [2.75, 3.05) is 58.3 Å². The minimum Gasteiger partial charge on any atom is -0.481 e. The van der Waals surface area contributed by atoms with Gasteiger partial charge in [-0.25, -0.2) is 4.98 Å². The molecule has 1 atom stereocenters. The average Bonchev–Trinajstić information content (AvgIpc) is 2.55. The number of likely N-dealkylation sites (N-methyl/N-ethyl adjacent to an activating group) is 1. The molecule has 2 fully saturated rings. The maximum Gasteiger partial charge on any atom is 0.228 e. The summed E-state index contributed by atoms with van der Waals surface area (Å²) in [4.78, 5) is 16.1. The van der Waals surface area contributed by atoms with Crippen LogP contribution >= 0.6 is 0 Å². The van der Waals surface area contributed by atoms with Crippen LogP contribution in [0.3, 0.4) is 0 Å². The van der Waals surface area contributed by atoms with Crippen molar-refractivity contribution in [3.8, 4) is 5.88 Å². The Morgan fingerprint density at radius 1 is 1.19 bits per heavy atom. The summed E-state index contributed by atoms with van der Waals surface area (Å²) in [6, 6.07) is 2.51. The summed E-state index contributed by atoms with van der Waals surface area (Å²) in [6.45, 7) is 6.63. The number of nitrogens with zero attached hydrogens (tertiary/aromatic N) is 5. The van der Waals surface area contributed by atoms with Crippen LogP contribution in [0.4, 0.5) is 5.95 Å². The van der Waals surface area contributed by atoms with E-state index in [2.05, 4.69) is 31.7 Å². The SMILES string of the molecule is COc1ccnc(N2CCN(C3CCCN(C)C3)CC2)n1. The first-order valence-electron chi connectivity index (χ1n) is 7.81. The van der Waals surface area contributed by atoms with Crippen molar-refractivity contribution in [3.05, 3.63) is 12.3 Å². The van der Waals surface area contributed by atoms with Crippen molar-refractivity contribution in [1.82, 2.24) is 19.8 Å². The second kappa shape index (κ2) is 6.58. The third-order valence-electron chi connectivity index (χ3n) is 4.54. The van der Waals surface area contributed by atoms with Crippen LogP contribution < -0.4 is 9.64 Å². The Kier molecular flexibility index (Phi) is 4.55. The van der Waals surface area contributed by atoms with Gasteiger partial charge in [0.25, 0.3) is 0 Å². The Morgan fingerprint density at radius 2 is 2.00 bits per heavy atom. The fraction of sp³-hybridized carbons (Fsp3) is 0.733. The third kappa shape index (κ3) is 3.44. The molecular formula is C15H25N5O. The number of ether oxygens (including phenoxy) is 1. The maximum absolute atomic E-state index is 5.18. The Morgan fingerprint density at radius 3 is 2.71 bits per heavy atom. The molecule has 0 aliphatic carbocycles. The van der Waals surface area contributed by atoms with Gasteiger partial charge in [0.2, 0.25) is 11.8 Å². The van der Waals surface area contributed by atoms with Crippen LogP contribution in [0.25, 0.3) is 0 Å². The second-order valence-electron chi connectivity index (χ2n) is 5.98. The molecule has 0 radical (unpaired) electrons. The molecular weight excluding hydrogens is 266 g/mol. The number of anilines is 1. The van der Waals surface area contributed by atoms with Gasteiger partial charge in [0, 0.05) is 51.0 Å². The van der Waals surface area contributed by atoms with E-state index in [-0.39, 0.29) is 0 Å². The van der Waals surface area contributed by atoms with Gasteiger partial charge in [0.15, 0.2) is 0 Å². The molecule has 2 saturated heterocycles. The number of aromatic nitrogens is 2. The Bertz CT molecular complexity index is 461. The molecule has 2 aliphatic heterocycles. The van der Waals surface area contributed by atoms with E-state index >= 15 is 0 Å². The van der Waals surface area contributed by atoms with Crippen LogP contribution in [0.2, 0.25) is 0 Å². The minimum atomic E-state index is 0.635. The summed E-state index contributed by atoms with van der Waals surface area (Å²) >= 11 is 0. The molecule has 21 heavy (non-hydrogen) atoms. The Balaban J connectivity index is 1.57. The number of likely N-dealkylation sites (tertiary alicyclic amines) is 1. The van der Waals surface area contributed by atoms with Crippen LogP contribution in [0.5, 0.6) is 5.88 Å². The zero-order chi connectivity index (χ0) is 14.7. The monoisotopic (exact) mass is 291 g/mol. The lowest BCUT2D eigenvalue weighted by atomic mass is 10.0. The highest BCUT2D eigenvalue weighted by molar-refractivity contribution is 5.32. The fourth-order valence-electron chi connectivity index (χ4n) is 3.32. The first kappa shape index (κ1) is 14.5. The quantitative estimate of drug-likeness (QED) is 0.817. The molecule has 0 spiro atoms. The molecule has 0 N–H and O–H groups in total. The highest BCUT2D eigenvalue weighted by Gasteiger charge is 2.27. The van der Waals surface area contributed by atoms with E-state index in [4.69, 9.17) is 4.74 Å². The zero-order valence-corrected chi connectivity index (χ0v) is 13.0. The van der Waals surface area contributed by atoms with E-state index < -0.39 is 0 Å². The summed E-state index contributed by atoms with van der Waals surface area (Å²) in [7, 11) is 3.87. The van der Waals surface area contributed by atoms with Gasteiger partial charge in [-0.1, -0.05) is 0 Å². The lowest BCUT2D eigenvalue weighted by molar-refractivity contribution is 0.106. The molecule has 0 saturated carbocycles. The van der Waals surface area contributed by atoms with E-state index in [1.807, 2.05) is 0 Å². The molecule has 3 heterocycles. The molecule has 1 aromatic heterocycles. The van der Waals surface area contributed by atoms with Crippen molar-refractivity contribution >= 4 is 5.95 Å². The van der Waals surface area contributed by atoms with Crippen molar-refractivity contribution in [2.24, 2.45) is 0 Å². The largest absolute Gasteiger partial charge is 0.481 e. The summed E-state index contributed by atoms with van der Waals surface area (Å²) < 4.78 is 5.18. The van der Waals surface area contributed by atoms with Gasteiger partial charge in [0.1, 0.15) is 0 Å². The summed E-state index contributed by atoms with van der Waals surface area (Å²) in [6.07, 6.45) is 4.42. The van der Waals surface area contributed by atoms with Crippen LogP contribution in [0.15, 0.2) is 12.3 Å². The molecule has 0 bridgehead atoms. The summed E-state index contributed by atoms with van der Waals surface area (Å²) in [5.41, 5.74) is 0. The number of methoxy groups -OCH3 is 1. The molecule has 1 unspecified atom stereocenters. The van der Waals surface area contributed by atoms with Gasteiger partial charge in [0.05, 0.1) is 7.11 Å². The van der Waals surface area contributed by atoms with Gasteiger partial charge >= 0.3 is 0 Å². The van der Waals surface area contributed by atoms with Crippen molar-refractivity contribution in [3.63, 3.8) is 0 Å². The second-order valence-corrected chi connectivity index (χ2v) is 5.98. The standard InChI is InChI=1S/C15H25N5O/c1-18-7-3-4-13(12-18)19-8-10-20(11-9-19)15-16-6-5-14(17-15)21-2/h5-6,13H,3-4,7-12H2,1-2H3. The number of piperidine rings is 1. The highest BCUT2D eigenvalue weighted by atomic mass is 16.5. The maximum atomic E-state index is 5.18. The van der Waals surface area contributed by atoms with E-state index in [1.165, 1.54) is 25.9 Å². The van der Waals surface area contributed by atoms with Crippen LogP contribution in [0.1, 0.15) is 12.8 Å². The van der Waals surface area contributed by atoms with E-state index in [9.17, 15) is 0 Å². The lowest BCUT2D eigenvalue weighted by Gasteiger charge is -2.42. The van der Waals surface area contributed by atoms with Gasteiger partial charge in [-0.2, -0.15) is 4.98 Å². The predicted molar refractivity (Wildman–Crippen MR) is 82.9 cm³/mol. The first-order valence-corrected chi connectivity index (χ1v) is 7.81. The zero-order valence-electron chi connectivity index (χ0n) is 13.0. The molecule has 116 valence electrons. The van der Waals surface area contributed by atoms with Gasteiger partial charge in [-0.05, 0) is 26.4 Å². The number of hydrogen-bond acceptors (Lipinski definition) is 6. The number of rotatable bonds is 3. The average molecular weight is 291 g/mol. The fourth-order valence-corrected chi connectivity index (χ4v) is 3.32. The van der Waals surface area contributed by atoms with Crippen LogP contribution in [-0.2, 0) is 0 Å². The van der Waals surface area contributed by atoms with Crippen molar-refractivity contribution in [2.45, 2.75) is 18.9 Å². The molecule has 0 amide bonds. The normalized spacial score (nSPS) is 25.0. The first-order chi connectivity index (χ1) is 10.3. The van der Waals surface area contributed by atoms with Crippen LogP contribution in [0, 0.1) is 0 Å². The van der Waals surface area contributed by atoms with Crippen LogP contribution in [-0.4, -0.2) is 79.2 Å². The third-order valence-corrected chi connectivity index (χ3v) is 4.54. The van der Waals surface area contributed by atoms with Crippen molar-refractivity contribution < 1.29 is 4.74 Å². The summed E-state index contributed by atoms with van der Waals surface area (Å²) in [5, 5.41) is 0. The number of hydrogen-bond donors (Lipinski definition) is 0. The van der Waals surface area contributed by atoms with E-state index in [0.717, 1.165) is 38.2 Å². The molecule has 6 heteroatoms. The van der Waals surface area contributed by atoms with Gasteiger partial charge in [-0.3, -0.25) is 4.90 Å².